The number of thiazole rings is 1. The fourth-order valence-corrected chi connectivity index (χ4v) is 3.45. The minimum atomic E-state index is -0.325. The van der Waals surface area contributed by atoms with Gasteiger partial charge in [-0.15, -0.1) is 11.3 Å². The Morgan fingerprint density at radius 2 is 2.15 bits per heavy atom. The van der Waals surface area contributed by atoms with Crippen LogP contribution >= 0.6 is 11.3 Å². The van der Waals surface area contributed by atoms with Gasteiger partial charge in [0.2, 0.25) is 0 Å². The number of guanidine groups is 1. The van der Waals surface area contributed by atoms with Crippen LogP contribution in [0.3, 0.4) is 0 Å². The van der Waals surface area contributed by atoms with E-state index in [0.717, 1.165) is 22.1 Å². The summed E-state index contributed by atoms with van der Waals surface area (Å²) in [5.41, 5.74) is 1.78. The minimum Gasteiger partial charge on any atom is -0.466 e. The summed E-state index contributed by atoms with van der Waals surface area (Å²) in [6.07, 6.45) is 0. The molecule has 0 spiro atoms. The molecule has 1 atom stereocenters. The first-order valence-electron chi connectivity index (χ1n) is 8.53. The fraction of sp³-hybridized carbons (Fsp3) is 0.500. The van der Waals surface area contributed by atoms with Gasteiger partial charge in [-0.05, 0) is 40.7 Å². The summed E-state index contributed by atoms with van der Waals surface area (Å²) < 4.78 is 10.6. The molecule has 142 valence electrons. The van der Waals surface area contributed by atoms with E-state index >= 15 is 0 Å². The SMILES string of the molecule is CCOC(=O)c1sc(C(C)NC(=NC)NCc2cc(C)oc2C)nc1C. The molecule has 0 fully saturated rings. The van der Waals surface area contributed by atoms with Crippen molar-refractivity contribution in [1.82, 2.24) is 15.6 Å². The third kappa shape index (κ3) is 4.85. The van der Waals surface area contributed by atoms with Gasteiger partial charge in [0.25, 0.3) is 0 Å². The molecule has 26 heavy (non-hydrogen) atoms. The zero-order valence-electron chi connectivity index (χ0n) is 16.1. The van der Waals surface area contributed by atoms with Crippen LogP contribution in [0.15, 0.2) is 15.5 Å². The number of esters is 1. The lowest BCUT2D eigenvalue weighted by molar-refractivity contribution is 0.0531. The van der Waals surface area contributed by atoms with Crippen LogP contribution in [0.25, 0.3) is 0 Å². The molecule has 0 aliphatic carbocycles. The molecule has 1 unspecified atom stereocenters. The van der Waals surface area contributed by atoms with E-state index in [1.54, 1.807) is 14.0 Å². The lowest BCUT2D eigenvalue weighted by atomic mass is 10.2. The van der Waals surface area contributed by atoms with Crippen LogP contribution in [0.4, 0.5) is 0 Å². The number of hydrogen-bond acceptors (Lipinski definition) is 6. The van der Waals surface area contributed by atoms with E-state index in [2.05, 4.69) is 20.6 Å². The minimum absolute atomic E-state index is 0.0970. The second-order valence-corrected chi connectivity index (χ2v) is 6.95. The summed E-state index contributed by atoms with van der Waals surface area (Å²) in [6, 6.07) is 1.91. The fourth-order valence-electron chi connectivity index (χ4n) is 2.49. The number of aliphatic imine (C=N–C) groups is 1. The number of ether oxygens (including phenoxy) is 1. The molecule has 0 aliphatic rings. The Bertz CT molecular complexity index is 794. The summed E-state index contributed by atoms with van der Waals surface area (Å²) in [6.45, 7) is 10.4. The Labute approximate surface area is 157 Å². The van der Waals surface area contributed by atoms with Gasteiger partial charge in [-0.3, -0.25) is 4.99 Å². The first-order chi connectivity index (χ1) is 12.3. The second-order valence-electron chi connectivity index (χ2n) is 5.92. The molecule has 7 nitrogen and oxygen atoms in total. The van der Waals surface area contributed by atoms with E-state index < -0.39 is 0 Å². The van der Waals surface area contributed by atoms with Crippen LogP contribution in [-0.4, -0.2) is 30.6 Å². The number of carbonyl (C=O) groups is 1. The highest BCUT2D eigenvalue weighted by Gasteiger charge is 2.20. The molecule has 0 amide bonds. The van der Waals surface area contributed by atoms with Crippen LogP contribution in [0.1, 0.15) is 57.3 Å². The maximum absolute atomic E-state index is 12.0. The predicted octanol–water partition coefficient (Wildman–Crippen LogP) is 3.26. The van der Waals surface area contributed by atoms with Gasteiger partial charge in [0.05, 0.1) is 18.3 Å². The zero-order valence-corrected chi connectivity index (χ0v) is 16.9. The van der Waals surface area contributed by atoms with Gasteiger partial charge in [-0.2, -0.15) is 0 Å². The highest BCUT2D eigenvalue weighted by atomic mass is 32.1. The van der Waals surface area contributed by atoms with Crippen molar-refractivity contribution in [2.75, 3.05) is 13.7 Å². The molecular formula is C18H26N4O3S. The molecule has 0 bridgehead atoms. The van der Waals surface area contributed by atoms with Gasteiger partial charge in [-0.1, -0.05) is 0 Å². The lowest BCUT2D eigenvalue weighted by Crippen LogP contribution is -2.38. The van der Waals surface area contributed by atoms with Crippen molar-refractivity contribution in [1.29, 1.82) is 0 Å². The van der Waals surface area contributed by atoms with E-state index in [9.17, 15) is 4.79 Å². The largest absolute Gasteiger partial charge is 0.466 e. The van der Waals surface area contributed by atoms with Crippen LogP contribution in [-0.2, 0) is 11.3 Å². The molecule has 2 aromatic rings. The Morgan fingerprint density at radius 1 is 1.42 bits per heavy atom. The first-order valence-corrected chi connectivity index (χ1v) is 9.34. The van der Waals surface area contributed by atoms with Gasteiger partial charge < -0.3 is 19.8 Å². The van der Waals surface area contributed by atoms with E-state index in [1.165, 1.54) is 11.3 Å². The van der Waals surface area contributed by atoms with E-state index in [4.69, 9.17) is 9.15 Å². The van der Waals surface area contributed by atoms with Crippen molar-refractivity contribution in [2.24, 2.45) is 4.99 Å². The molecule has 2 rings (SSSR count). The Balaban J connectivity index is 2.00. The first kappa shape index (κ1) is 20.0. The predicted molar refractivity (Wildman–Crippen MR) is 103 cm³/mol. The third-order valence-electron chi connectivity index (χ3n) is 3.81. The van der Waals surface area contributed by atoms with E-state index in [1.807, 2.05) is 33.8 Å². The van der Waals surface area contributed by atoms with Gasteiger partial charge >= 0.3 is 5.97 Å². The molecule has 8 heteroatoms. The highest BCUT2D eigenvalue weighted by Crippen LogP contribution is 2.24. The summed E-state index contributed by atoms with van der Waals surface area (Å²) in [4.78, 5) is 21.2. The smallest absolute Gasteiger partial charge is 0.350 e. The number of carbonyl (C=O) groups excluding carboxylic acids is 1. The Morgan fingerprint density at radius 3 is 2.73 bits per heavy atom. The molecule has 0 radical (unpaired) electrons. The molecule has 2 N–H and O–H groups in total. The lowest BCUT2D eigenvalue weighted by Gasteiger charge is -2.16. The molecule has 0 saturated heterocycles. The molecular weight excluding hydrogens is 352 g/mol. The Hall–Kier alpha value is -2.35. The van der Waals surface area contributed by atoms with Crippen LogP contribution in [0, 0.1) is 20.8 Å². The average Bonchev–Trinajstić information content (AvgIpc) is 3.13. The van der Waals surface area contributed by atoms with Gasteiger partial charge in [0.15, 0.2) is 5.96 Å². The quantitative estimate of drug-likeness (QED) is 0.456. The number of aromatic nitrogens is 1. The molecule has 0 aliphatic heterocycles. The second kappa shape index (κ2) is 8.84. The molecule has 0 saturated carbocycles. The van der Waals surface area contributed by atoms with Crippen molar-refractivity contribution in [2.45, 2.75) is 47.2 Å². The standard InChI is InChI=1S/C18H26N4O3S/c1-7-24-17(23)15-11(3)21-16(26-15)12(4)22-18(19-6)20-9-14-8-10(2)25-13(14)5/h8,12H,7,9H2,1-6H3,(H2,19,20,22). The van der Waals surface area contributed by atoms with Gasteiger partial charge in [0.1, 0.15) is 21.4 Å². The molecule has 0 aromatic carbocycles. The van der Waals surface area contributed by atoms with Crippen molar-refractivity contribution in [3.8, 4) is 0 Å². The average molecular weight is 378 g/mol. The summed E-state index contributed by atoms with van der Waals surface area (Å²) in [5, 5.41) is 7.37. The van der Waals surface area contributed by atoms with Crippen LogP contribution < -0.4 is 10.6 Å². The van der Waals surface area contributed by atoms with E-state index in [-0.39, 0.29) is 12.0 Å². The number of hydrogen-bond donors (Lipinski definition) is 2. The number of furan rings is 1. The highest BCUT2D eigenvalue weighted by molar-refractivity contribution is 7.13. The topological polar surface area (TPSA) is 88.8 Å². The van der Waals surface area contributed by atoms with Gasteiger partial charge in [-0.25, -0.2) is 9.78 Å². The zero-order chi connectivity index (χ0) is 19.3. The van der Waals surface area contributed by atoms with Crippen molar-refractivity contribution >= 4 is 23.3 Å². The maximum atomic E-state index is 12.0. The van der Waals surface area contributed by atoms with E-state index in [0.29, 0.717) is 29.7 Å². The van der Waals surface area contributed by atoms with Crippen LogP contribution in [0.2, 0.25) is 0 Å². The Kier molecular flexibility index (Phi) is 6.79. The van der Waals surface area contributed by atoms with Crippen molar-refractivity contribution in [3.63, 3.8) is 0 Å². The number of nitrogens with one attached hydrogen (secondary N) is 2. The normalized spacial score (nSPS) is 12.8. The van der Waals surface area contributed by atoms with Crippen LogP contribution in [0.5, 0.6) is 0 Å². The number of nitrogens with zero attached hydrogens (tertiary/aromatic N) is 2. The number of rotatable bonds is 6. The summed E-state index contributed by atoms with van der Waals surface area (Å²) >= 11 is 1.34. The number of aryl methyl sites for hydroxylation is 3. The summed E-state index contributed by atoms with van der Waals surface area (Å²) in [5.74, 6) is 2.11. The third-order valence-corrected chi connectivity index (χ3v) is 5.13. The van der Waals surface area contributed by atoms with Gasteiger partial charge in [0, 0.05) is 19.2 Å². The molecule has 2 aromatic heterocycles. The van der Waals surface area contributed by atoms with Crippen molar-refractivity contribution in [3.05, 3.63) is 38.7 Å². The summed E-state index contributed by atoms with van der Waals surface area (Å²) in [7, 11) is 1.71. The van der Waals surface area contributed by atoms with Crippen molar-refractivity contribution < 1.29 is 13.9 Å². The molecule has 2 heterocycles. The maximum Gasteiger partial charge on any atom is 0.350 e. The monoisotopic (exact) mass is 378 g/mol.